The number of aryl methyl sites for hydroxylation is 1. The Balaban J connectivity index is 1.68. The van der Waals surface area contributed by atoms with Crippen molar-refractivity contribution in [2.45, 2.75) is 12.7 Å². The van der Waals surface area contributed by atoms with Crippen molar-refractivity contribution in [3.63, 3.8) is 0 Å². The molecule has 4 rings (SSSR count). The molecule has 0 saturated carbocycles. The van der Waals surface area contributed by atoms with Crippen LogP contribution >= 0.6 is 11.6 Å². The van der Waals surface area contributed by atoms with Crippen molar-refractivity contribution in [3.05, 3.63) is 107 Å². The molecule has 0 aliphatic carbocycles. The molecule has 31 heavy (non-hydrogen) atoms. The first-order valence-corrected chi connectivity index (χ1v) is 10.1. The number of benzene rings is 3. The molecule has 1 atom stereocenters. The highest BCUT2D eigenvalue weighted by Crippen LogP contribution is 2.32. The molecule has 1 aromatic heterocycles. The molecule has 0 aliphatic heterocycles. The van der Waals surface area contributed by atoms with Crippen LogP contribution in [0.1, 0.15) is 28.5 Å². The van der Waals surface area contributed by atoms with Gasteiger partial charge in [0.2, 0.25) is 0 Å². The highest BCUT2D eigenvalue weighted by Gasteiger charge is 2.19. The van der Waals surface area contributed by atoms with E-state index < -0.39 is 0 Å². The van der Waals surface area contributed by atoms with E-state index in [1.165, 1.54) is 0 Å². The van der Waals surface area contributed by atoms with E-state index in [9.17, 15) is 0 Å². The number of hydrogen-bond donors (Lipinski definition) is 1. The average Bonchev–Trinajstić information content (AvgIpc) is 3.21. The first-order chi connectivity index (χ1) is 15.0. The van der Waals surface area contributed by atoms with Crippen LogP contribution in [-0.2, 0) is 18.4 Å². The van der Waals surface area contributed by atoms with Crippen molar-refractivity contribution in [3.8, 4) is 17.2 Å². The van der Waals surface area contributed by atoms with E-state index >= 15 is 0 Å². The van der Waals surface area contributed by atoms with Crippen LogP contribution in [0.3, 0.4) is 0 Å². The van der Waals surface area contributed by atoms with Crippen LogP contribution in [0.5, 0.6) is 0 Å². The van der Waals surface area contributed by atoms with E-state index in [0.29, 0.717) is 22.9 Å². The van der Waals surface area contributed by atoms with Crippen molar-refractivity contribution in [1.29, 1.82) is 5.26 Å². The van der Waals surface area contributed by atoms with E-state index in [1.54, 1.807) is 24.7 Å². The van der Waals surface area contributed by atoms with Gasteiger partial charge < -0.3 is 15.0 Å². The number of halogens is 1. The van der Waals surface area contributed by atoms with Gasteiger partial charge in [-0.1, -0.05) is 41.9 Å². The Bertz CT molecular complexity index is 1240. The van der Waals surface area contributed by atoms with Crippen LogP contribution < -0.4 is 5.73 Å². The molecule has 2 N–H and O–H groups in total. The predicted octanol–water partition coefficient (Wildman–Crippen LogP) is 5.50. The van der Waals surface area contributed by atoms with Crippen LogP contribution in [0.25, 0.3) is 11.1 Å². The van der Waals surface area contributed by atoms with Gasteiger partial charge >= 0.3 is 0 Å². The lowest BCUT2D eigenvalue weighted by atomic mass is 9.99. The molecule has 3 aromatic carbocycles. The minimum absolute atomic E-state index is 0.343. The standard InChI is InChI=1S/C25H21ClN4O/c1-30-16-29-14-24(30)25(18-7-5-17(13-27)6-8-18)31-15-20-9-10-21(26)12-23(20)19-3-2-4-22(28)11-19/h2-12,14,16,25H,15,28H2,1H3. The Morgan fingerprint density at radius 1 is 1.13 bits per heavy atom. The summed E-state index contributed by atoms with van der Waals surface area (Å²) in [5, 5.41) is 9.76. The minimum Gasteiger partial charge on any atom is -0.399 e. The second kappa shape index (κ2) is 9.05. The summed E-state index contributed by atoms with van der Waals surface area (Å²) in [6.07, 6.45) is 3.20. The summed E-state index contributed by atoms with van der Waals surface area (Å²) in [6, 6.07) is 23.0. The Morgan fingerprint density at radius 2 is 1.94 bits per heavy atom. The molecular formula is C25H21ClN4O. The first kappa shape index (κ1) is 20.7. The molecule has 154 valence electrons. The van der Waals surface area contributed by atoms with Gasteiger partial charge in [0.15, 0.2) is 0 Å². The SMILES string of the molecule is Cn1cncc1C(OCc1ccc(Cl)cc1-c1cccc(N)c1)c1ccc(C#N)cc1. The maximum Gasteiger partial charge on any atom is 0.124 e. The van der Waals surface area contributed by atoms with Crippen molar-refractivity contribution in [2.75, 3.05) is 5.73 Å². The van der Waals surface area contributed by atoms with Gasteiger partial charge in [0, 0.05) is 17.8 Å². The van der Waals surface area contributed by atoms with Crippen molar-refractivity contribution >= 4 is 17.3 Å². The summed E-state index contributed by atoms with van der Waals surface area (Å²) in [5.41, 5.74) is 12.1. The normalized spacial score (nSPS) is 11.8. The number of rotatable bonds is 6. The summed E-state index contributed by atoms with van der Waals surface area (Å²) in [5.74, 6) is 0. The Labute approximate surface area is 186 Å². The second-order valence-electron chi connectivity index (χ2n) is 7.28. The molecule has 0 amide bonds. The average molecular weight is 429 g/mol. The topological polar surface area (TPSA) is 76.9 Å². The highest BCUT2D eigenvalue weighted by atomic mass is 35.5. The van der Waals surface area contributed by atoms with Gasteiger partial charge in [-0.15, -0.1) is 0 Å². The van der Waals surface area contributed by atoms with Gasteiger partial charge in [0.25, 0.3) is 0 Å². The number of nitrogen functional groups attached to an aromatic ring is 1. The van der Waals surface area contributed by atoms with E-state index in [1.807, 2.05) is 66.2 Å². The molecule has 0 bridgehead atoms. The number of nitrogens with zero attached hydrogens (tertiary/aromatic N) is 3. The Morgan fingerprint density at radius 3 is 2.61 bits per heavy atom. The third-order valence-corrected chi connectivity index (χ3v) is 5.38. The fraction of sp³-hybridized carbons (Fsp3) is 0.120. The quantitative estimate of drug-likeness (QED) is 0.411. The molecule has 1 heterocycles. The van der Waals surface area contributed by atoms with Crippen LogP contribution in [0.15, 0.2) is 79.3 Å². The van der Waals surface area contributed by atoms with Crippen LogP contribution in [-0.4, -0.2) is 9.55 Å². The van der Waals surface area contributed by atoms with Crippen molar-refractivity contribution in [2.24, 2.45) is 7.05 Å². The molecule has 0 fully saturated rings. The van der Waals surface area contributed by atoms with Crippen LogP contribution in [0.4, 0.5) is 5.69 Å². The summed E-state index contributed by atoms with van der Waals surface area (Å²) >= 11 is 6.29. The van der Waals surface area contributed by atoms with Gasteiger partial charge in [-0.05, 0) is 58.7 Å². The zero-order valence-corrected chi connectivity index (χ0v) is 17.8. The third-order valence-electron chi connectivity index (χ3n) is 5.14. The number of nitrogens with two attached hydrogens (primary N) is 1. The van der Waals surface area contributed by atoms with Gasteiger partial charge in [-0.25, -0.2) is 4.98 Å². The van der Waals surface area contributed by atoms with Gasteiger partial charge in [-0.2, -0.15) is 5.26 Å². The number of ether oxygens (including phenoxy) is 1. The van der Waals surface area contributed by atoms with Crippen molar-refractivity contribution < 1.29 is 4.74 Å². The monoisotopic (exact) mass is 428 g/mol. The number of nitriles is 1. The molecule has 6 heteroatoms. The number of hydrogen-bond acceptors (Lipinski definition) is 4. The van der Waals surface area contributed by atoms with E-state index in [-0.39, 0.29) is 6.10 Å². The molecule has 4 aromatic rings. The second-order valence-corrected chi connectivity index (χ2v) is 7.72. The molecule has 0 spiro atoms. The molecular weight excluding hydrogens is 408 g/mol. The number of aromatic nitrogens is 2. The number of imidazole rings is 1. The van der Waals surface area contributed by atoms with Gasteiger partial charge in [0.1, 0.15) is 6.10 Å². The van der Waals surface area contributed by atoms with Gasteiger partial charge in [0.05, 0.1) is 36.5 Å². The van der Waals surface area contributed by atoms with Gasteiger partial charge in [-0.3, -0.25) is 0 Å². The first-order valence-electron chi connectivity index (χ1n) is 9.77. The minimum atomic E-state index is -0.343. The molecule has 0 saturated heterocycles. The van der Waals surface area contributed by atoms with E-state index in [2.05, 4.69) is 11.1 Å². The molecule has 1 unspecified atom stereocenters. The van der Waals surface area contributed by atoms with E-state index in [4.69, 9.17) is 27.3 Å². The predicted molar refractivity (Wildman–Crippen MR) is 122 cm³/mol. The third kappa shape index (κ3) is 4.61. The Kier molecular flexibility index (Phi) is 6.03. The summed E-state index contributed by atoms with van der Waals surface area (Å²) in [7, 11) is 1.93. The smallest absolute Gasteiger partial charge is 0.124 e. The maximum atomic E-state index is 9.11. The van der Waals surface area contributed by atoms with Crippen molar-refractivity contribution in [1.82, 2.24) is 9.55 Å². The van der Waals surface area contributed by atoms with Crippen LogP contribution in [0, 0.1) is 11.3 Å². The van der Waals surface area contributed by atoms with E-state index in [0.717, 1.165) is 27.9 Å². The highest BCUT2D eigenvalue weighted by molar-refractivity contribution is 6.30. The number of anilines is 1. The lowest BCUT2D eigenvalue weighted by Gasteiger charge is -2.20. The molecule has 0 radical (unpaired) electrons. The summed E-state index contributed by atoms with van der Waals surface area (Å²) < 4.78 is 8.36. The largest absolute Gasteiger partial charge is 0.399 e. The zero-order valence-electron chi connectivity index (χ0n) is 17.0. The Hall–Kier alpha value is -3.59. The summed E-state index contributed by atoms with van der Waals surface area (Å²) in [6.45, 7) is 0.358. The van der Waals surface area contributed by atoms with Crippen LogP contribution in [0.2, 0.25) is 5.02 Å². The maximum absolute atomic E-state index is 9.11. The lowest BCUT2D eigenvalue weighted by Crippen LogP contribution is -2.11. The molecule has 0 aliphatic rings. The molecule has 5 nitrogen and oxygen atoms in total. The fourth-order valence-corrected chi connectivity index (χ4v) is 3.70. The summed E-state index contributed by atoms with van der Waals surface area (Å²) in [4.78, 5) is 4.24. The fourth-order valence-electron chi connectivity index (χ4n) is 3.53. The lowest BCUT2D eigenvalue weighted by molar-refractivity contribution is 0.0624. The zero-order chi connectivity index (χ0) is 21.8.